The number of carbonyl (C=O) groups is 3. The predicted molar refractivity (Wildman–Crippen MR) is 68.3 cm³/mol. The second kappa shape index (κ2) is 6.68. The highest BCUT2D eigenvalue weighted by molar-refractivity contribution is 6.38. The van der Waals surface area contributed by atoms with Crippen LogP contribution in [0.25, 0.3) is 0 Å². The summed E-state index contributed by atoms with van der Waals surface area (Å²) < 4.78 is 9.61. The molecule has 5 nitrogen and oxygen atoms in total. The van der Waals surface area contributed by atoms with E-state index in [1.54, 1.807) is 25.1 Å². The minimum atomic E-state index is -0.984. The largest absolute Gasteiger partial charge is 0.496 e. The number of hydrogen-bond donors (Lipinski definition) is 0. The van der Waals surface area contributed by atoms with E-state index in [1.807, 2.05) is 6.92 Å². The van der Waals surface area contributed by atoms with Crippen LogP contribution < -0.4 is 4.74 Å². The number of carbonyl (C=O) groups excluding carboxylic acids is 3. The molecule has 0 amide bonds. The van der Waals surface area contributed by atoms with E-state index in [0.29, 0.717) is 11.3 Å². The molecule has 0 aliphatic carbocycles. The molecule has 0 unspecified atom stereocenters. The lowest BCUT2D eigenvalue weighted by Gasteiger charge is -2.08. The van der Waals surface area contributed by atoms with Gasteiger partial charge in [0.25, 0.3) is 0 Å². The van der Waals surface area contributed by atoms with Crippen molar-refractivity contribution in [2.75, 3.05) is 13.7 Å². The first-order valence-corrected chi connectivity index (χ1v) is 5.87. The van der Waals surface area contributed by atoms with Crippen LogP contribution in [0.15, 0.2) is 18.2 Å². The number of ketones is 2. The molecule has 1 aromatic carbocycles. The molecule has 0 aliphatic rings. The summed E-state index contributed by atoms with van der Waals surface area (Å²) in [5, 5.41) is 0. The van der Waals surface area contributed by atoms with Gasteiger partial charge in [0, 0.05) is 0 Å². The minimum Gasteiger partial charge on any atom is -0.496 e. The molecule has 0 heterocycles. The van der Waals surface area contributed by atoms with Gasteiger partial charge in [0.15, 0.2) is 5.78 Å². The lowest BCUT2D eigenvalue weighted by Crippen LogP contribution is -2.21. The van der Waals surface area contributed by atoms with Crippen molar-refractivity contribution in [3.05, 3.63) is 29.3 Å². The van der Waals surface area contributed by atoms with Gasteiger partial charge < -0.3 is 9.47 Å². The highest BCUT2D eigenvalue weighted by Crippen LogP contribution is 2.21. The zero-order valence-corrected chi connectivity index (χ0v) is 11.2. The van der Waals surface area contributed by atoms with E-state index in [2.05, 4.69) is 4.74 Å². The molecule has 0 N–H and O–H groups in total. The summed E-state index contributed by atoms with van der Waals surface area (Å²) in [7, 11) is 1.44. The molecule has 5 heteroatoms. The average molecular weight is 264 g/mol. The van der Waals surface area contributed by atoms with Gasteiger partial charge in [-0.3, -0.25) is 9.59 Å². The fourth-order valence-corrected chi connectivity index (χ4v) is 1.56. The molecule has 0 aliphatic heterocycles. The Morgan fingerprint density at radius 3 is 2.47 bits per heavy atom. The summed E-state index contributed by atoms with van der Waals surface area (Å²) in [6, 6.07) is 5.07. The minimum absolute atomic E-state index is 0.104. The molecular weight excluding hydrogens is 248 g/mol. The standard InChI is InChI=1S/C14H16O5/c1-4-19-14(17)12(16)8-11(15)10-7-9(2)5-6-13(10)18-3/h5-7H,4,8H2,1-3H3. The van der Waals surface area contributed by atoms with Gasteiger partial charge in [-0.1, -0.05) is 11.6 Å². The first-order chi connectivity index (χ1) is 8.99. The van der Waals surface area contributed by atoms with Crippen LogP contribution in [0.2, 0.25) is 0 Å². The molecule has 0 bridgehead atoms. The van der Waals surface area contributed by atoms with E-state index in [-0.39, 0.29) is 6.61 Å². The Labute approximate surface area is 111 Å². The van der Waals surface area contributed by atoms with Crippen molar-refractivity contribution in [1.82, 2.24) is 0 Å². The summed E-state index contributed by atoms with van der Waals surface area (Å²) in [5.74, 6) is -1.91. The molecule has 0 spiro atoms. The van der Waals surface area contributed by atoms with Crippen LogP contribution in [0, 0.1) is 6.92 Å². The predicted octanol–water partition coefficient (Wildman–Crippen LogP) is 1.71. The van der Waals surface area contributed by atoms with Crippen molar-refractivity contribution in [3.8, 4) is 5.75 Å². The summed E-state index contributed by atoms with van der Waals surface area (Å²) >= 11 is 0. The fourth-order valence-electron chi connectivity index (χ4n) is 1.56. The molecule has 0 radical (unpaired) electrons. The summed E-state index contributed by atoms with van der Waals surface area (Å²) in [6.45, 7) is 3.52. The highest BCUT2D eigenvalue weighted by Gasteiger charge is 2.22. The number of hydrogen-bond acceptors (Lipinski definition) is 5. The van der Waals surface area contributed by atoms with Crippen LogP contribution in [-0.2, 0) is 14.3 Å². The first-order valence-electron chi connectivity index (χ1n) is 5.87. The Bertz CT molecular complexity index is 505. The van der Waals surface area contributed by atoms with E-state index in [9.17, 15) is 14.4 Å². The Balaban J connectivity index is 2.86. The monoisotopic (exact) mass is 264 g/mol. The molecule has 102 valence electrons. The highest BCUT2D eigenvalue weighted by atomic mass is 16.5. The second-order valence-corrected chi connectivity index (χ2v) is 3.95. The summed E-state index contributed by atoms with van der Waals surface area (Å²) in [6.07, 6.45) is -0.515. The van der Waals surface area contributed by atoms with Gasteiger partial charge in [0.05, 0.1) is 25.7 Å². The molecule has 0 aromatic heterocycles. The van der Waals surface area contributed by atoms with Crippen LogP contribution in [0.5, 0.6) is 5.75 Å². The van der Waals surface area contributed by atoms with E-state index in [1.165, 1.54) is 7.11 Å². The third-order valence-electron chi connectivity index (χ3n) is 2.48. The van der Waals surface area contributed by atoms with Gasteiger partial charge >= 0.3 is 5.97 Å². The maximum atomic E-state index is 12.0. The zero-order chi connectivity index (χ0) is 14.4. The Kier molecular flexibility index (Phi) is 5.23. The van der Waals surface area contributed by atoms with Gasteiger partial charge in [0.1, 0.15) is 5.75 Å². The number of benzene rings is 1. The van der Waals surface area contributed by atoms with Crippen molar-refractivity contribution in [3.63, 3.8) is 0 Å². The van der Waals surface area contributed by atoms with Crippen molar-refractivity contribution >= 4 is 17.5 Å². The van der Waals surface area contributed by atoms with E-state index >= 15 is 0 Å². The second-order valence-electron chi connectivity index (χ2n) is 3.95. The van der Waals surface area contributed by atoms with Gasteiger partial charge in [-0.2, -0.15) is 0 Å². The SMILES string of the molecule is CCOC(=O)C(=O)CC(=O)c1cc(C)ccc1OC. The van der Waals surface area contributed by atoms with E-state index in [0.717, 1.165) is 5.56 Å². The molecule has 1 rings (SSSR count). The Hall–Kier alpha value is -2.17. The van der Waals surface area contributed by atoms with Gasteiger partial charge in [-0.25, -0.2) is 4.79 Å². The topological polar surface area (TPSA) is 69.7 Å². The van der Waals surface area contributed by atoms with Crippen LogP contribution in [0.4, 0.5) is 0 Å². The number of aryl methyl sites for hydroxylation is 1. The first kappa shape index (κ1) is 14.9. The number of rotatable bonds is 6. The zero-order valence-electron chi connectivity index (χ0n) is 11.2. The Morgan fingerprint density at radius 1 is 1.21 bits per heavy atom. The van der Waals surface area contributed by atoms with Crippen LogP contribution in [-0.4, -0.2) is 31.3 Å². The average Bonchev–Trinajstić information content (AvgIpc) is 2.38. The molecule has 0 saturated carbocycles. The molecule has 0 fully saturated rings. The lowest BCUT2D eigenvalue weighted by molar-refractivity contribution is -0.153. The van der Waals surface area contributed by atoms with Crippen LogP contribution in [0.1, 0.15) is 29.3 Å². The number of esters is 1. The number of ether oxygens (including phenoxy) is 2. The maximum Gasteiger partial charge on any atom is 0.375 e. The summed E-state index contributed by atoms with van der Waals surface area (Å²) in [5.41, 5.74) is 1.16. The number of Topliss-reactive ketones (excluding diaryl/α,β-unsaturated/α-hetero) is 2. The number of methoxy groups -OCH3 is 1. The molecule has 19 heavy (non-hydrogen) atoms. The summed E-state index contributed by atoms with van der Waals surface area (Å²) in [4.78, 5) is 34.6. The van der Waals surface area contributed by atoms with E-state index < -0.39 is 24.0 Å². The van der Waals surface area contributed by atoms with Crippen molar-refractivity contribution < 1.29 is 23.9 Å². The van der Waals surface area contributed by atoms with Gasteiger partial charge in [-0.05, 0) is 26.0 Å². The van der Waals surface area contributed by atoms with Crippen LogP contribution in [0.3, 0.4) is 0 Å². The van der Waals surface area contributed by atoms with Gasteiger partial charge in [0.2, 0.25) is 5.78 Å². The third kappa shape index (κ3) is 3.91. The Morgan fingerprint density at radius 2 is 1.89 bits per heavy atom. The third-order valence-corrected chi connectivity index (χ3v) is 2.48. The molecule has 0 atom stereocenters. The van der Waals surface area contributed by atoms with Crippen molar-refractivity contribution in [2.24, 2.45) is 0 Å². The van der Waals surface area contributed by atoms with Gasteiger partial charge in [-0.15, -0.1) is 0 Å². The maximum absolute atomic E-state index is 12.0. The quantitative estimate of drug-likeness (QED) is 0.338. The normalized spacial score (nSPS) is 9.84. The molecule has 0 saturated heterocycles. The smallest absolute Gasteiger partial charge is 0.375 e. The fraction of sp³-hybridized carbons (Fsp3) is 0.357. The van der Waals surface area contributed by atoms with Crippen LogP contribution >= 0.6 is 0 Å². The lowest BCUT2D eigenvalue weighted by atomic mass is 10.0. The molecular formula is C14H16O5. The van der Waals surface area contributed by atoms with Crippen molar-refractivity contribution in [1.29, 1.82) is 0 Å². The van der Waals surface area contributed by atoms with E-state index in [4.69, 9.17) is 4.74 Å². The molecule has 1 aromatic rings. The van der Waals surface area contributed by atoms with Crippen molar-refractivity contribution in [2.45, 2.75) is 20.3 Å².